The van der Waals surface area contributed by atoms with Crippen LogP contribution in [0.1, 0.15) is 19.8 Å². The minimum absolute atomic E-state index is 0.0549. The maximum absolute atomic E-state index is 12.9. The van der Waals surface area contributed by atoms with Gasteiger partial charge >= 0.3 is 5.69 Å². The van der Waals surface area contributed by atoms with Crippen molar-refractivity contribution in [1.82, 2.24) is 4.31 Å². The summed E-state index contributed by atoms with van der Waals surface area (Å²) in [6.07, 6.45) is 1.55. The van der Waals surface area contributed by atoms with E-state index in [-0.39, 0.29) is 10.6 Å². The van der Waals surface area contributed by atoms with Gasteiger partial charge < -0.3 is 9.47 Å². The smallest absolute Gasteiger partial charge is 0.312 e. The molecule has 3 rings (SSSR count). The number of piperidine rings is 1. The molecule has 0 atom stereocenters. The summed E-state index contributed by atoms with van der Waals surface area (Å²) >= 11 is 0. The molecule has 1 saturated heterocycles. The first-order valence-corrected chi connectivity index (χ1v) is 10.4. The fourth-order valence-corrected chi connectivity index (χ4v) is 4.57. The van der Waals surface area contributed by atoms with Crippen molar-refractivity contribution >= 4 is 15.7 Å². The van der Waals surface area contributed by atoms with Gasteiger partial charge in [0.1, 0.15) is 0 Å². The van der Waals surface area contributed by atoms with E-state index in [1.54, 1.807) is 24.3 Å². The second-order valence-electron chi connectivity index (χ2n) is 6.73. The number of sulfonamides is 1. The molecule has 0 aromatic heterocycles. The summed E-state index contributed by atoms with van der Waals surface area (Å²) < 4.78 is 38.0. The average Bonchev–Trinajstić information content (AvgIpc) is 2.68. The molecule has 0 bridgehead atoms. The largest absolute Gasteiger partial charge is 0.493 e. The summed E-state index contributed by atoms with van der Waals surface area (Å²) in [5, 5.41) is 11.6. The Hall–Kier alpha value is -2.65. The highest BCUT2D eigenvalue weighted by atomic mass is 32.2. The Bertz CT molecular complexity index is 968. The van der Waals surface area contributed by atoms with Crippen LogP contribution >= 0.6 is 0 Å². The van der Waals surface area contributed by atoms with Gasteiger partial charge in [0.25, 0.3) is 0 Å². The molecular formula is C19H22N2O6S. The molecule has 2 aromatic rings. The van der Waals surface area contributed by atoms with Crippen LogP contribution in [0.15, 0.2) is 47.4 Å². The summed E-state index contributed by atoms with van der Waals surface area (Å²) in [5.41, 5.74) is -0.419. The van der Waals surface area contributed by atoms with E-state index in [2.05, 4.69) is 6.92 Å². The molecule has 28 heavy (non-hydrogen) atoms. The van der Waals surface area contributed by atoms with E-state index < -0.39 is 20.6 Å². The van der Waals surface area contributed by atoms with Gasteiger partial charge in [0, 0.05) is 19.2 Å². The Morgan fingerprint density at radius 2 is 1.71 bits per heavy atom. The number of methoxy groups -OCH3 is 1. The molecule has 1 aliphatic heterocycles. The standard InChI is InChI=1S/C19H22N2O6S/c1-14-9-11-20(12-10-14)28(24,25)15-7-8-17(16(13-15)21(22)23)27-19-6-4-3-5-18(19)26-2/h3-8,13-14H,9-12H2,1-2H3. The molecule has 2 aromatic carbocycles. The zero-order chi connectivity index (χ0) is 20.3. The first-order valence-electron chi connectivity index (χ1n) is 8.92. The van der Waals surface area contributed by atoms with E-state index in [0.717, 1.165) is 18.9 Å². The van der Waals surface area contributed by atoms with Gasteiger partial charge in [-0.3, -0.25) is 10.1 Å². The van der Waals surface area contributed by atoms with Gasteiger partial charge in [0.05, 0.1) is 16.9 Å². The summed E-state index contributed by atoms with van der Waals surface area (Å²) in [5.74, 6) is 1.13. The van der Waals surface area contributed by atoms with Crippen LogP contribution in [0.4, 0.5) is 5.69 Å². The second kappa shape index (κ2) is 8.15. The van der Waals surface area contributed by atoms with Crippen LogP contribution < -0.4 is 9.47 Å². The van der Waals surface area contributed by atoms with Crippen molar-refractivity contribution in [2.75, 3.05) is 20.2 Å². The molecule has 0 amide bonds. The Kier molecular flexibility index (Phi) is 5.85. The quantitative estimate of drug-likeness (QED) is 0.534. The predicted octanol–water partition coefficient (Wildman–Crippen LogP) is 3.82. The van der Waals surface area contributed by atoms with E-state index in [0.29, 0.717) is 30.5 Å². The van der Waals surface area contributed by atoms with Crippen molar-refractivity contribution in [2.45, 2.75) is 24.7 Å². The molecule has 150 valence electrons. The molecule has 0 N–H and O–H groups in total. The number of hydrogen-bond donors (Lipinski definition) is 0. The van der Waals surface area contributed by atoms with Crippen molar-refractivity contribution in [3.8, 4) is 17.2 Å². The van der Waals surface area contributed by atoms with Gasteiger partial charge in [-0.1, -0.05) is 19.1 Å². The van der Waals surface area contributed by atoms with E-state index in [4.69, 9.17) is 9.47 Å². The highest BCUT2D eigenvalue weighted by molar-refractivity contribution is 7.89. The van der Waals surface area contributed by atoms with E-state index >= 15 is 0 Å². The number of nitro groups is 1. The SMILES string of the molecule is COc1ccccc1Oc1ccc(S(=O)(=O)N2CCC(C)CC2)cc1[N+](=O)[O-]. The van der Waals surface area contributed by atoms with Crippen LogP contribution in [0.25, 0.3) is 0 Å². The van der Waals surface area contributed by atoms with Gasteiger partial charge in [-0.05, 0) is 43.0 Å². The van der Waals surface area contributed by atoms with E-state index in [1.807, 2.05) is 0 Å². The molecule has 0 unspecified atom stereocenters. The van der Waals surface area contributed by atoms with Crippen LogP contribution in [0, 0.1) is 16.0 Å². The molecule has 0 aliphatic carbocycles. The lowest BCUT2D eigenvalue weighted by atomic mass is 10.0. The highest BCUT2D eigenvalue weighted by Crippen LogP contribution is 2.37. The number of benzene rings is 2. The zero-order valence-electron chi connectivity index (χ0n) is 15.7. The monoisotopic (exact) mass is 406 g/mol. The molecular weight excluding hydrogens is 384 g/mol. The Balaban J connectivity index is 1.94. The molecule has 0 spiro atoms. The molecule has 1 fully saturated rings. The Labute approximate surface area is 163 Å². The second-order valence-corrected chi connectivity index (χ2v) is 8.66. The number of hydrogen-bond acceptors (Lipinski definition) is 6. The molecule has 0 saturated carbocycles. The first-order chi connectivity index (χ1) is 13.3. The van der Waals surface area contributed by atoms with Gasteiger partial charge in [0.15, 0.2) is 11.5 Å². The lowest BCUT2D eigenvalue weighted by molar-refractivity contribution is -0.385. The number of para-hydroxylation sites is 2. The van der Waals surface area contributed by atoms with Crippen LogP contribution in [0.3, 0.4) is 0 Å². The summed E-state index contributed by atoms with van der Waals surface area (Å²) in [4.78, 5) is 10.8. The maximum atomic E-state index is 12.9. The third-order valence-electron chi connectivity index (χ3n) is 4.80. The third kappa shape index (κ3) is 4.10. The van der Waals surface area contributed by atoms with Gasteiger partial charge in [-0.2, -0.15) is 4.31 Å². The predicted molar refractivity (Wildman–Crippen MR) is 103 cm³/mol. The summed E-state index contributed by atoms with van der Waals surface area (Å²) in [7, 11) is -2.33. The molecule has 1 aliphatic rings. The van der Waals surface area contributed by atoms with Crippen molar-refractivity contribution in [2.24, 2.45) is 5.92 Å². The molecule has 0 radical (unpaired) electrons. The van der Waals surface area contributed by atoms with Crippen LogP contribution in [-0.2, 0) is 10.0 Å². The summed E-state index contributed by atoms with van der Waals surface area (Å²) in [6, 6.07) is 10.4. The Morgan fingerprint density at radius 1 is 1.07 bits per heavy atom. The lowest BCUT2D eigenvalue weighted by Crippen LogP contribution is -2.37. The minimum Gasteiger partial charge on any atom is -0.493 e. The van der Waals surface area contributed by atoms with E-state index in [1.165, 1.54) is 23.5 Å². The number of nitrogens with zero attached hydrogens (tertiary/aromatic N) is 2. The minimum atomic E-state index is -3.80. The number of nitro benzene ring substituents is 1. The van der Waals surface area contributed by atoms with Crippen molar-refractivity contribution in [3.05, 3.63) is 52.6 Å². The van der Waals surface area contributed by atoms with Crippen molar-refractivity contribution < 1.29 is 22.8 Å². The Morgan fingerprint density at radius 3 is 2.32 bits per heavy atom. The van der Waals surface area contributed by atoms with Gasteiger partial charge in [-0.25, -0.2) is 8.42 Å². The topological polar surface area (TPSA) is 99.0 Å². The zero-order valence-corrected chi connectivity index (χ0v) is 16.5. The number of rotatable bonds is 6. The fraction of sp³-hybridized carbons (Fsp3) is 0.368. The lowest BCUT2D eigenvalue weighted by Gasteiger charge is -2.29. The normalized spacial score (nSPS) is 15.9. The molecule has 1 heterocycles. The number of ether oxygens (including phenoxy) is 2. The van der Waals surface area contributed by atoms with E-state index in [9.17, 15) is 18.5 Å². The highest BCUT2D eigenvalue weighted by Gasteiger charge is 2.30. The average molecular weight is 406 g/mol. The molecule has 9 heteroatoms. The fourth-order valence-electron chi connectivity index (χ4n) is 3.08. The summed E-state index contributed by atoms with van der Waals surface area (Å²) in [6.45, 7) is 2.91. The van der Waals surface area contributed by atoms with Gasteiger partial charge in [0.2, 0.25) is 15.8 Å². The van der Waals surface area contributed by atoms with Crippen LogP contribution in [0.2, 0.25) is 0 Å². The third-order valence-corrected chi connectivity index (χ3v) is 6.69. The van der Waals surface area contributed by atoms with Crippen molar-refractivity contribution in [3.63, 3.8) is 0 Å². The molecule has 8 nitrogen and oxygen atoms in total. The van der Waals surface area contributed by atoms with Crippen molar-refractivity contribution in [1.29, 1.82) is 0 Å². The van der Waals surface area contributed by atoms with Crippen LogP contribution in [0.5, 0.6) is 17.2 Å². The van der Waals surface area contributed by atoms with Gasteiger partial charge in [-0.15, -0.1) is 0 Å². The van der Waals surface area contributed by atoms with Crippen LogP contribution in [-0.4, -0.2) is 37.8 Å². The maximum Gasteiger partial charge on any atom is 0.312 e. The first kappa shape index (κ1) is 20.1.